The summed E-state index contributed by atoms with van der Waals surface area (Å²) in [6, 6.07) is 3.53. The van der Waals surface area contributed by atoms with Crippen molar-refractivity contribution in [1.82, 2.24) is 0 Å². The van der Waals surface area contributed by atoms with Crippen molar-refractivity contribution in [2.45, 2.75) is 58.3 Å². The highest BCUT2D eigenvalue weighted by atomic mass is 16.3. The number of allylic oxidation sites excluding steroid dienone is 2. The highest BCUT2D eigenvalue weighted by Gasteiger charge is 2.46. The number of aliphatic hydroxyl groups excluding tert-OH is 1. The van der Waals surface area contributed by atoms with E-state index < -0.39 is 0 Å². The Balaban J connectivity index is 2.29. The number of benzene rings is 1. The lowest BCUT2D eigenvalue weighted by Gasteiger charge is -2.44. The second-order valence-electron chi connectivity index (χ2n) is 7.33. The number of carbonyl (C=O) groups is 1. The highest BCUT2D eigenvalue weighted by Crippen LogP contribution is 2.52. The second-order valence-corrected chi connectivity index (χ2v) is 7.33. The van der Waals surface area contributed by atoms with E-state index in [2.05, 4.69) is 13.8 Å². The molecule has 0 heterocycles. The quantitative estimate of drug-likeness (QED) is 0.796. The van der Waals surface area contributed by atoms with Crippen molar-refractivity contribution in [1.29, 1.82) is 0 Å². The van der Waals surface area contributed by atoms with Crippen LogP contribution >= 0.6 is 0 Å². The van der Waals surface area contributed by atoms with E-state index in [0.29, 0.717) is 5.56 Å². The summed E-state index contributed by atoms with van der Waals surface area (Å²) in [5.74, 6) is 0.217. The largest absolute Gasteiger partial charge is 0.508 e. The van der Waals surface area contributed by atoms with Gasteiger partial charge in [0.25, 0.3) is 0 Å². The van der Waals surface area contributed by atoms with Gasteiger partial charge in [-0.25, -0.2) is 0 Å². The molecule has 3 nitrogen and oxygen atoms in total. The maximum absolute atomic E-state index is 12.7. The first-order chi connectivity index (χ1) is 10.3. The van der Waals surface area contributed by atoms with Gasteiger partial charge in [0.2, 0.25) is 5.78 Å². The van der Waals surface area contributed by atoms with Crippen LogP contribution in [0.2, 0.25) is 0 Å². The Morgan fingerprint density at radius 2 is 1.95 bits per heavy atom. The summed E-state index contributed by atoms with van der Waals surface area (Å²) in [6.07, 6.45) is 2.96. The second kappa shape index (κ2) is 4.87. The molecule has 1 aromatic rings. The maximum atomic E-state index is 12.7. The number of ketones is 1. The van der Waals surface area contributed by atoms with Crippen molar-refractivity contribution in [2.24, 2.45) is 5.92 Å². The van der Waals surface area contributed by atoms with Crippen molar-refractivity contribution in [3.8, 4) is 5.75 Å². The van der Waals surface area contributed by atoms with Gasteiger partial charge in [-0.05, 0) is 53.5 Å². The molecular formula is C19H24O3. The molecule has 22 heavy (non-hydrogen) atoms. The SMILES string of the molecule is CC(C)c1cc2c(cc1O)[C@@]1(C)CCC[C@H](C)C1=C(O)C2=O. The number of Topliss-reactive ketones (excluding diaryl/α,β-unsaturated/α-hetero) is 1. The highest BCUT2D eigenvalue weighted by molar-refractivity contribution is 6.11. The summed E-state index contributed by atoms with van der Waals surface area (Å²) < 4.78 is 0. The van der Waals surface area contributed by atoms with E-state index in [-0.39, 0.29) is 34.5 Å². The number of aromatic hydroxyl groups is 1. The van der Waals surface area contributed by atoms with Gasteiger partial charge in [0.05, 0.1) is 0 Å². The number of hydrogen-bond donors (Lipinski definition) is 2. The summed E-state index contributed by atoms with van der Waals surface area (Å²) in [7, 11) is 0. The van der Waals surface area contributed by atoms with E-state index >= 15 is 0 Å². The summed E-state index contributed by atoms with van der Waals surface area (Å²) in [6.45, 7) is 8.14. The molecule has 0 bridgehead atoms. The van der Waals surface area contributed by atoms with E-state index in [1.165, 1.54) is 0 Å². The summed E-state index contributed by atoms with van der Waals surface area (Å²) in [5.41, 5.74) is 2.69. The van der Waals surface area contributed by atoms with E-state index in [9.17, 15) is 15.0 Å². The Bertz CT molecular complexity index is 684. The Kier molecular flexibility index (Phi) is 3.35. The molecule has 0 radical (unpaired) electrons. The number of aliphatic hydroxyl groups is 1. The molecule has 1 fully saturated rings. The molecule has 2 aliphatic rings. The fourth-order valence-corrected chi connectivity index (χ4v) is 4.32. The molecule has 0 aromatic heterocycles. The van der Waals surface area contributed by atoms with Crippen LogP contribution in [-0.4, -0.2) is 16.0 Å². The molecule has 2 aliphatic carbocycles. The van der Waals surface area contributed by atoms with E-state index in [1.807, 2.05) is 13.8 Å². The first-order valence-electron chi connectivity index (χ1n) is 8.13. The summed E-state index contributed by atoms with van der Waals surface area (Å²) in [5, 5.41) is 20.9. The minimum atomic E-state index is -0.349. The lowest BCUT2D eigenvalue weighted by molar-refractivity contribution is 0.0953. The van der Waals surface area contributed by atoms with Crippen LogP contribution in [0.15, 0.2) is 23.5 Å². The van der Waals surface area contributed by atoms with Gasteiger partial charge in [-0.2, -0.15) is 0 Å². The zero-order chi connectivity index (χ0) is 16.2. The summed E-state index contributed by atoms with van der Waals surface area (Å²) in [4.78, 5) is 12.7. The maximum Gasteiger partial charge on any atom is 0.227 e. The number of fused-ring (bicyclic) bond motifs is 3. The van der Waals surface area contributed by atoms with Crippen LogP contribution in [0.4, 0.5) is 0 Å². The predicted molar refractivity (Wildman–Crippen MR) is 86.5 cm³/mol. The van der Waals surface area contributed by atoms with Crippen LogP contribution in [0, 0.1) is 5.92 Å². The van der Waals surface area contributed by atoms with Crippen LogP contribution < -0.4 is 0 Å². The Morgan fingerprint density at radius 1 is 1.27 bits per heavy atom. The monoisotopic (exact) mass is 300 g/mol. The number of phenolic OH excluding ortho intramolecular Hbond substituents is 1. The molecule has 1 saturated carbocycles. The van der Waals surface area contributed by atoms with Crippen molar-refractivity contribution in [3.05, 3.63) is 40.2 Å². The molecule has 0 aliphatic heterocycles. The third-order valence-electron chi connectivity index (χ3n) is 5.50. The van der Waals surface area contributed by atoms with Gasteiger partial charge in [0.1, 0.15) is 5.75 Å². The van der Waals surface area contributed by atoms with Gasteiger partial charge in [-0.15, -0.1) is 0 Å². The first-order valence-corrected chi connectivity index (χ1v) is 8.13. The van der Waals surface area contributed by atoms with Crippen LogP contribution in [0.3, 0.4) is 0 Å². The minimum absolute atomic E-state index is 0.0670. The van der Waals surface area contributed by atoms with Crippen LogP contribution in [-0.2, 0) is 5.41 Å². The third-order valence-corrected chi connectivity index (χ3v) is 5.50. The van der Waals surface area contributed by atoms with Crippen LogP contribution in [0.1, 0.15) is 74.4 Å². The molecule has 118 valence electrons. The number of hydrogen-bond acceptors (Lipinski definition) is 3. The van der Waals surface area contributed by atoms with E-state index in [4.69, 9.17) is 0 Å². The lowest BCUT2D eigenvalue weighted by atomic mass is 9.59. The average Bonchev–Trinajstić information content (AvgIpc) is 2.44. The van der Waals surface area contributed by atoms with Gasteiger partial charge in [-0.1, -0.05) is 34.1 Å². The summed E-state index contributed by atoms with van der Waals surface area (Å²) >= 11 is 0. The number of rotatable bonds is 1. The smallest absolute Gasteiger partial charge is 0.227 e. The Hall–Kier alpha value is -1.77. The molecule has 2 N–H and O–H groups in total. The minimum Gasteiger partial charge on any atom is -0.508 e. The normalized spacial score (nSPS) is 27.9. The van der Waals surface area contributed by atoms with Crippen molar-refractivity contribution < 1.29 is 15.0 Å². The van der Waals surface area contributed by atoms with E-state index in [1.54, 1.807) is 12.1 Å². The molecule has 0 spiro atoms. The van der Waals surface area contributed by atoms with Gasteiger partial charge in [0.15, 0.2) is 5.76 Å². The topological polar surface area (TPSA) is 57.5 Å². The van der Waals surface area contributed by atoms with E-state index in [0.717, 1.165) is 36.0 Å². The van der Waals surface area contributed by atoms with Crippen LogP contribution in [0.5, 0.6) is 5.75 Å². The zero-order valence-corrected chi connectivity index (χ0v) is 13.7. The molecule has 0 amide bonds. The van der Waals surface area contributed by atoms with Crippen molar-refractivity contribution in [3.63, 3.8) is 0 Å². The molecule has 3 heteroatoms. The number of phenols is 1. The molecule has 2 atom stereocenters. The molecule has 0 saturated heterocycles. The zero-order valence-electron chi connectivity index (χ0n) is 13.7. The number of carbonyl (C=O) groups excluding carboxylic acids is 1. The fourth-order valence-electron chi connectivity index (χ4n) is 4.32. The molecular weight excluding hydrogens is 276 g/mol. The van der Waals surface area contributed by atoms with Gasteiger partial charge < -0.3 is 10.2 Å². The first kappa shape index (κ1) is 15.1. The fraction of sp³-hybridized carbons (Fsp3) is 0.526. The third kappa shape index (κ3) is 1.91. The molecule has 0 unspecified atom stereocenters. The van der Waals surface area contributed by atoms with Gasteiger partial charge in [-0.3, -0.25) is 4.79 Å². The Morgan fingerprint density at radius 3 is 2.59 bits per heavy atom. The van der Waals surface area contributed by atoms with Crippen LogP contribution in [0.25, 0.3) is 0 Å². The molecule has 1 aromatic carbocycles. The Labute approximate surface area is 131 Å². The van der Waals surface area contributed by atoms with Crippen molar-refractivity contribution >= 4 is 5.78 Å². The van der Waals surface area contributed by atoms with Crippen molar-refractivity contribution in [2.75, 3.05) is 0 Å². The average molecular weight is 300 g/mol. The predicted octanol–water partition coefficient (Wildman–Crippen LogP) is 4.60. The van der Waals surface area contributed by atoms with Gasteiger partial charge in [0, 0.05) is 11.0 Å². The standard InChI is InChI=1S/C19H24O3/c1-10(2)12-8-13-14(9-15(12)20)19(4)7-5-6-11(3)16(19)18(22)17(13)21/h8-11,20,22H,5-7H2,1-4H3/t11-,19+/m0/s1. The lowest BCUT2D eigenvalue weighted by Crippen LogP contribution is -2.39. The molecule has 3 rings (SSSR count). The van der Waals surface area contributed by atoms with Gasteiger partial charge >= 0.3 is 0 Å².